The predicted octanol–water partition coefficient (Wildman–Crippen LogP) is 3.52. The average Bonchev–Trinajstić information content (AvgIpc) is 2.39. The maximum Gasteiger partial charge on any atom is 0.145 e. The molecule has 0 N–H and O–H groups in total. The van der Waals surface area contributed by atoms with Crippen LogP contribution in [0, 0.1) is 0 Å². The summed E-state index contributed by atoms with van der Waals surface area (Å²) in [5.41, 5.74) is 0. The van der Waals surface area contributed by atoms with Crippen molar-refractivity contribution in [2.45, 2.75) is 9.79 Å². The summed E-state index contributed by atoms with van der Waals surface area (Å²) in [5.74, 6) is 0. The van der Waals surface area contributed by atoms with Gasteiger partial charge in [-0.25, -0.2) is 8.42 Å². The fraction of sp³-hybridized carbons (Fsp3) is 0.0769. The quantitative estimate of drug-likeness (QED) is 0.870. The second kappa shape index (κ2) is 5.86. The summed E-state index contributed by atoms with van der Waals surface area (Å²) in [4.78, 5) is 0.980. The molecule has 2 unspecified atom stereocenters. The third-order valence-corrected chi connectivity index (χ3v) is 6.11. The molecule has 0 saturated heterocycles. The molecule has 2 aromatic rings. The van der Waals surface area contributed by atoms with E-state index in [-0.39, 0.29) is 0 Å². The van der Waals surface area contributed by atoms with Crippen molar-refractivity contribution < 1.29 is 8.42 Å². The van der Waals surface area contributed by atoms with Crippen molar-refractivity contribution in [3.05, 3.63) is 59.6 Å². The Morgan fingerprint density at radius 1 is 1.05 bits per heavy atom. The summed E-state index contributed by atoms with van der Waals surface area (Å²) < 4.78 is 28.5. The van der Waals surface area contributed by atoms with Gasteiger partial charge in [0.1, 0.15) is 20.7 Å². The molecule has 6 heteroatoms. The fourth-order valence-corrected chi connectivity index (χ4v) is 5.09. The van der Waals surface area contributed by atoms with E-state index in [9.17, 15) is 8.42 Å². The Bertz CT molecular complexity index is 722. The van der Waals surface area contributed by atoms with Crippen LogP contribution in [0.4, 0.5) is 0 Å². The molecular formula is C13H12ClNO2S2. The standard InChI is InChI=1S/C13H12ClNO2S2/c1-18(16)15-19(17,12-7-3-2-4-8-12)13-9-5-6-11(14)10-13/h2-10H,1H3. The zero-order chi connectivity index (χ0) is 13.9. The van der Waals surface area contributed by atoms with E-state index in [4.69, 9.17) is 11.6 Å². The van der Waals surface area contributed by atoms with Gasteiger partial charge in [0, 0.05) is 11.3 Å². The minimum atomic E-state index is -2.93. The minimum absolute atomic E-state index is 0.460. The third kappa shape index (κ3) is 3.23. The molecule has 0 bridgehead atoms. The summed E-state index contributed by atoms with van der Waals surface area (Å²) in [5, 5.41) is 0.471. The third-order valence-electron chi connectivity index (χ3n) is 2.39. The van der Waals surface area contributed by atoms with Gasteiger partial charge in [-0.3, -0.25) is 0 Å². The highest BCUT2D eigenvalue weighted by atomic mass is 35.5. The van der Waals surface area contributed by atoms with Gasteiger partial charge in [0.25, 0.3) is 0 Å². The van der Waals surface area contributed by atoms with Gasteiger partial charge in [0.15, 0.2) is 0 Å². The molecule has 0 fully saturated rings. The molecule has 0 amide bonds. The van der Waals surface area contributed by atoms with Crippen LogP contribution < -0.4 is 0 Å². The lowest BCUT2D eigenvalue weighted by Gasteiger charge is -2.10. The Kier molecular flexibility index (Phi) is 4.39. The maximum absolute atomic E-state index is 13.1. The van der Waals surface area contributed by atoms with E-state index >= 15 is 0 Å². The molecule has 0 aliphatic carbocycles. The Hall–Kier alpha value is -1.17. The van der Waals surface area contributed by atoms with Gasteiger partial charge in [-0.05, 0) is 30.3 Å². The smallest absolute Gasteiger partial charge is 0.145 e. The molecule has 0 spiro atoms. The first-order chi connectivity index (χ1) is 9.02. The Balaban J connectivity index is 2.74. The highest BCUT2D eigenvalue weighted by Gasteiger charge is 2.17. The van der Waals surface area contributed by atoms with Crippen LogP contribution in [0.25, 0.3) is 0 Å². The number of halogens is 1. The first-order valence-corrected chi connectivity index (χ1v) is 8.84. The van der Waals surface area contributed by atoms with Crippen LogP contribution in [-0.4, -0.2) is 14.7 Å². The normalized spacial score (nSPS) is 15.5. The van der Waals surface area contributed by atoms with Crippen molar-refractivity contribution in [1.82, 2.24) is 0 Å². The molecule has 3 nitrogen and oxygen atoms in total. The molecule has 2 rings (SSSR count). The van der Waals surface area contributed by atoms with Crippen LogP contribution in [0.3, 0.4) is 0 Å². The lowest BCUT2D eigenvalue weighted by atomic mass is 10.4. The van der Waals surface area contributed by atoms with Gasteiger partial charge < -0.3 is 0 Å². The van der Waals surface area contributed by atoms with Crippen molar-refractivity contribution in [3.8, 4) is 0 Å². The molecule has 0 aliphatic rings. The highest BCUT2D eigenvalue weighted by Crippen LogP contribution is 2.26. The summed E-state index contributed by atoms with van der Waals surface area (Å²) in [6, 6.07) is 15.4. The van der Waals surface area contributed by atoms with Gasteiger partial charge in [-0.1, -0.05) is 35.9 Å². The maximum atomic E-state index is 13.1. The molecule has 0 heterocycles. The predicted molar refractivity (Wildman–Crippen MR) is 79.1 cm³/mol. The molecule has 0 radical (unpaired) electrons. The second-order valence-corrected chi connectivity index (χ2v) is 7.67. The Labute approximate surface area is 120 Å². The van der Waals surface area contributed by atoms with Crippen LogP contribution >= 0.6 is 11.6 Å². The summed E-state index contributed by atoms with van der Waals surface area (Å²) in [6.45, 7) is 0. The monoisotopic (exact) mass is 313 g/mol. The minimum Gasteiger partial charge on any atom is -0.239 e. The van der Waals surface area contributed by atoms with Gasteiger partial charge in [0.2, 0.25) is 0 Å². The van der Waals surface area contributed by atoms with Crippen LogP contribution in [0.2, 0.25) is 5.02 Å². The molecule has 0 aliphatic heterocycles. The summed E-state index contributed by atoms with van der Waals surface area (Å²) >= 11 is 5.93. The summed E-state index contributed by atoms with van der Waals surface area (Å²) in [7, 11) is -4.46. The van der Waals surface area contributed by atoms with Crippen molar-refractivity contribution in [3.63, 3.8) is 0 Å². The lowest BCUT2D eigenvalue weighted by Crippen LogP contribution is -2.03. The lowest BCUT2D eigenvalue weighted by molar-refractivity contribution is 0.675. The molecule has 100 valence electrons. The van der Waals surface area contributed by atoms with E-state index in [2.05, 4.69) is 3.77 Å². The largest absolute Gasteiger partial charge is 0.239 e. The summed E-state index contributed by atoms with van der Waals surface area (Å²) in [6.07, 6.45) is 1.40. The molecule has 0 saturated carbocycles. The first kappa shape index (κ1) is 14.2. The van der Waals surface area contributed by atoms with Crippen LogP contribution in [0.1, 0.15) is 0 Å². The highest BCUT2D eigenvalue weighted by molar-refractivity contribution is 8.00. The van der Waals surface area contributed by atoms with Crippen LogP contribution in [0.5, 0.6) is 0 Å². The second-order valence-electron chi connectivity index (χ2n) is 3.79. The van der Waals surface area contributed by atoms with Crippen LogP contribution in [0.15, 0.2) is 68.2 Å². The topological polar surface area (TPSA) is 46.5 Å². The zero-order valence-corrected chi connectivity index (χ0v) is 12.5. The Morgan fingerprint density at radius 3 is 2.26 bits per heavy atom. The van der Waals surface area contributed by atoms with E-state index in [0.717, 1.165) is 0 Å². The average molecular weight is 314 g/mol. The van der Waals surface area contributed by atoms with Crippen molar-refractivity contribution >= 4 is 32.3 Å². The van der Waals surface area contributed by atoms with E-state index in [1.165, 1.54) is 6.26 Å². The van der Waals surface area contributed by atoms with Crippen LogP contribution in [-0.2, 0) is 20.7 Å². The number of hydrogen-bond donors (Lipinski definition) is 0. The number of rotatable bonds is 3. The van der Waals surface area contributed by atoms with Gasteiger partial charge in [-0.2, -0.15) is 0 Å². The van der Waals surface area contributed by atoms with E-state index < -0.39 is 20.7 Å². The fourth-order valence-electron chi connectivity index (χ4n) is 1.61. The van der Waals surface area contributed by atoms with Gasteiger partial charge in [0.05, 0.1) is 9.79 Å². The van der Waals surface area contributed by atoms with E-state index in [0.29, 0.717) is 14.8 Å². The number of nitrogens with zero attached hydrogens (tertiary/aromatic N) is 1. The number of hydrogen-bond acceptors (Lipinski definition) is 2. The van der Waals surface area contributed by atoms with Crippen molar-refractivity contribution in [2.75, 3.05) is 6.26 Å². The molecular weight excluding hydrogens is 302 g/mol. The molecule has 2 aromatic carbocycles. The van der Waals surface area contributed by atoms with Gasteiger partial charge >= 0.3 is 0 Å². The molecule has 2 atom stereocenters. The van der Waals surface area contributed by atoms with Crippen molar-refractivity contribution in [1.29, 1.82) is 0 Å². The Morgan fingerprint density at radius 2 is 1.68 bits per heavy atom. The zero-order valence-electron chi connectivity index (χ0n) is 10.2. The van der Waals surface area contributed by atoms with E-state index in [1.54, 1.807) is 48.5 Å². The number of benzene rings is 2. The molecule has 19 heavy (non-hydrogen) atoms. The van der Waals surface area contributed by atoms with Gasteiger partial charge in [-0.15, -0.1) is 3.77 Å². The first-order valence-electron chi connectivity index (χ1n) is 5.44. The SMILES string of the molecule is CS(=O)N=S(=O)(c1ccccc1)c1cccc(Cl)c1. The van der Waals surface area contributed by atoms with E-state index in [1.807, 2.05) is 6.07 Å². The van der Waals surface area contributed by atoms with Crippen molar-refractivity contribution in [2.24, 2.45) is 3.77 Å². The molecule has 0 aromatic heterocycles.